The van der Waals surface area contributed by atoms with Gasteiger partial charge in [0.1, 0.15) is 5.75 Å². The number of likely N-dealkylation sites (tertiary alicyclic amines) is 2. The summed E-state index contributed by atoms with van der Waals surface area (Å²) in [5.41, 5.74) is 1.09. The van der Waals surface area contributed by atoms with Crippen LogP contribution in [0.3, 0.4) is 0 Å². The molecule has 2 aliphatic rings. The second-order valence-corrected chi connectivity index (χ2v) is 7.33. The van der Waals surface area contributed by atoms with Crippen molar-refractivity contribution in [2.45, 2.75) is 32.6 Å². The van der Waals surface area contributed by atoms with Crippen LogP contribution in [0.15, 0.2) is 24.3 Å². The number of carbonyl (C=O) groups is 2. The number of methoxy groups -OCH3 is 1. The Morgan fingerprint density at radius 2 is 2.08 bits per heavy atom. The first kappa shape index (κ1) is 17.8. The summed E-state index contributed by atoms with van der Waals surface area (Å²) in [7, 11) is 1.66. The average molecular weight is 344 g/mol. The van der Waals surface area contributed by atoms with E-state index >= 15 is 0 Å². The lowest BCUT2D eigenvalue weighted by Gasteiger charge is -2.32. The molecule has 0 saturated carbocycles. The molecule has 2 fully saturated rings. The van der Waals surface area contributed by atoms with Crippen LogP contribution in [0.25, 0.3) is 0 Å². The van der Waals surface area contributed by atoms with Crippen molar-refractivity contribution in [2.75, 3.05) is 33.3 Å². The largest absolute Gasteiger partial charge is 0.496 e. The van der Waals surface area contributed by atoms with Crippen molar-refractivity contribution >= 4 is 11.8 Å². The minimum atomic E-state index is -0.171. The number of rotatable bonds is 5. The fourth-order valence-electron chi connectivity index (χ4n) is 3.97. The number of piperidine rings is 1. The minimum Gasteiger partial charge on any atom is -0.496 e. The zero-order valence-electron chi connectivity index (χ0n) is 15.2. The van der Waals surface area contributed by atoms with Crippen LogP contribution in [0.4, 0.5) is 0 Å². The summed E-state index contributed by atoms with van der Waals surface area (Å²) >= 11 is 0. The van der Waals surface area contributed by atoms with Gasteiger partial charge in [0, 0.05) is 32.6 Å². The second kappa shape index (κ2) is 7.89. The number of hydrogen-bond donors (Lipinski definition) is 0. The minimum absolute atomic E-state index is 0.0957. The van der Waals surface area contributed by atoms with Crippen molar-refractivity contribution in [1.29, 1.82) is 0 Å². The monoisotopic (exact) mass is 344 g/mol. The van der Waals surface area contributed by atoms with Gasteiger partial charge in [-0.15, -0.1) is 0 Å². The van der Waals surface area contributed by atoms with E-state index < -0.39 is 0 Å². The van der Waals surface area contributed by atoms with E-state index in [9.17, 15) is 9.59 Å². The van der Waals surface area contributed by atoms with E-state index in [1.807, 2.05) is 34.1 Å². The summed E-state index contributed by atoms with van der Waals surface area (Å²) in [5, 5.41) is 0. The van der Waals surface area contributed by atoms with Gasteiger partial charge >= 0.3 is 0 Å². The molecule has 3 rings (SSSR count). The van der Waals surface area contributed by atoms with Crippen LogP contribution in [-0.4, -0.2) is 54.9 Å². The van der Waals surface area contributed by atoms with Crippen LogP contribution in [0.1, 0.15) is 31.7 Å². The van der Waals surface area contributed by atoms with E-state index in [1.165, 1.54) is 6.42 Å². The van der Waals surface area contributed by atoms with Crippen molar-refractivity contribution < 1.29 is 14.3 Å². The van der Waals surface area contributed by atoms with E-state index in [2.05, 4.69) is 6.92 Å². The van der Waals surface area contributed by atoms with Crippen molar-refractivity contribution in [3.63, 3.8) is 0 Å². The Balaban J connectivity index is 1.56. The third kappa shape index (κ3) is 4.14. The van der Waals surface area contributed by atoms with Gasteiger partial charge in [0.25, 0.3) is 0 Å². The number of carbonyl (C=O) groups excluding carboxylic acids is 2. The van der Waals surface area contributed by atoms with Gasteiger partial charge in [-0.3, -0.25) is 9.59 Å². The molecule has 2 unspecified atom stereocenters. The summed E-state index contributed by atoms with van der Waals surface area (Å²) in [6.45, 7) is 5.07. The summed E-state index contributed by atoms with van der Waals surface area (Å²) in [4.78, 5) is 28.9. The summed E-state index contributed by atoms with van der Waals surface area (Å²) in [5.74, 6) is 1.51. The number of para-hydroxylation sites is 1. The Morgan fingerprint density at radius 1 is 1.28 bits per heavy atom. The van der Waals surface area contributed by atoms with E-state index in [0.717, 1.165) is 37.2 Å². The fourth-order valence-corrected chi connectivity index (χ4v) is 3.97. The molecule has 0 radical (unpaired) electrons. The lowest BCUT2D eigenvalue weighted by molar-refractivity contribution is -0.137. The number of amides is 2. The number of nitrogens with zero attached hydrogens (tertiary/aromatic N) is 2. The van der Waals surface area contributed by atoms with Crippen LogP contribution in [0, 0.1) is 11.8 Å². The maximum absolute atomic E-state index is 12.7. The summed E-state index contributed by atoms with van der Waals surface area (Å²) in [6, 6.07) is 7.88. The molecule has 2 aliphatic heterocycles. The predicted molar refractivity (Wildman–Crippen MR) is 96.4 cm³/mol. The molecule has 1 aromatic carbocycles. The molecule has 5 nitrogen and oxygen atoms in total. The molecule has 5 heteroatoms. The maximum atomic E-state index is 12.7. The summed E-state index contributed by atoms with van der Waals surface area (Å²) < 4.78 is 5.37. The fraction of sp³-hybridized carbons (Fsp3) is 0.600. The van der Waals surface area contributed by atoms with Crippen molar-refractivity contribution in [3.05, 3.63) is 29.8 Å². The molecule has 25 heavy (non-hydrogen) atoms. The van der Waals surface area contributed by atoms with Crippen molar-refractivity contribution in [3.8, 4) is 5.75 Å². The lowest BCUT2D eigenvalue weighted by Crippen LogP contribution is -2.43. The molecule has 0 aromatic heterocycles. The highest BCUT2D eigenvalue weighted by Gasteiger charge is 2.37. The van der Waals surface area contributed by atoms with Crippen LogP contribution in [-0.2, 0) is 16.0 Å². The molecule has 2 amide bonds. The second-order valence-electron chi connectivity index (χ2n) is 7.33. The Hall–Kier alpha value is -2.04. The normalized spacial score (nSPS) is 23.8. The Bertz CT molecular complexity index is 631. The van der Waals surface area contributed by atoms with Crippen LogP contribution in [0.2, 0.25) is 0 Å². The van der Waals surface area contributed by atoms with Gasteiger partial charge < -0.3 is 14.5 Å². The van der Waals surface area contributed by atoms with Gasteiger partial charge in [-0.25, -0.2) is 0 Å². The third-order valence-electron chi connectivity index (χ3n) is 5.38. The third-order valence-corrected chi connectivity index (χ3v) is 5.38. The molecule has 1 aromatic rings. The van der Waals surface area contributed by atoms with Crippen LogP contribution >= 0.6 is 0 Å². The summed E-state index contributed by atoms with van der Waals surface area (Å²) in [6.07, 6.45) is 3.37. The molecule has 0 N–H and O–H groups in total. The molecular weight excluding hydrogens is 316 g/mol. The molecule has 0 aliphatic carbocycles. The van der Waals surface area contributed by atoms with Gasteiger partial charge in [-0.05, 0) is 36.8 Å². The highest BCUT2D eigenvalue weighted by Crippen LogP contribution is 2.25. The first-order chi connectivity index (χ1) is 12.1. The molecular formula is C20H28N2O3. The van der Waals surface area contributed by atoms with Gasteiger partial charge in [0.05, 0.1) is 13.0 Å². The van der Waals surface area contributed by atoms with Crippen LogP contribution < -0.4 is 4.74 Å². The van der Waals surface area contributed by atoms with E-state index in [1.54, 1.807) is 7.11 Å². The maximum Gasteiger partial charge on any atom is 0.228 e. The number of benzene rings is 1. The Morgan fingerprint density at radius 3 is 2.84 bits per heavy atom. The molecule has 0 spiro atoms. The molecule has 0 bridgehead atoms. The number of hydrogen-bond acceptors (Lipinski definition) is 3. The molecule has 2 heterocycles. The predicted octanol–water partition coefficient (Wildman–Crippen LogP) is 2.34. The smallest absolute Gasteiger partial charge is 0.228 e. The quantitative estimate of drug-likeness (QED) is 0.824. The van der Waals surface area contributed by atoms with E-state index in [-0.39, 0.29) is 17.7 Å². The van der Waals surface area contributed by atoms with Crippen molar-refractivity contribution in [1.82, 2.24) is 9.80 Å². The number of ether oxygens (including phenoxy) is 1. The van der Waals surface area contributed by atoms with Gasteiger partial charge in [0.15, 0.2) is 0 Å². The Kier molecular flexibility index (Phi) is 5.61. The zero-order chi connectivity index (χ0) is 17.8. The highest BCUT2D eigenvalue weighted by molar-refractivity contribution is 5.89. The van der Waals surface area contributed by atoms with E-state index in [0.29, 0.717) is 25.4 Å². The molecule has 2 atom stereocenters. The zero-order valence-corrected chi connectivity index (χ0v) is 15.2. The van der Waals surface area contributed by atoms with Crippen LogP contribution in [0.5, 0.6) is 5.75 Å². The van der Waals surface area contributed by atoms with E-state index in [4.69, 9.17) is 4.74 Å². The molecule has 136 valence electrons. The first-order valence-electron chi connectivity index (χ1n) is 9.27. The Labute approximate surface area is 149 Å². The average Bonchev–Trinajstić information content (AvgIpc) is 3.00. The SMILES string of the molecule is COc1ccccc1CCN1CC(C(=O)N2CCCC(C)C2)CC1=O. The van der Waals surface area contributed by atoms with Gasteiger partial charge in [-0.1, -0.05) is 25.1 Å². The molecule has 2 saturated heterocycles. The lowest BCUT2D eigenvalue weighted by atomic mass is 9.98. The van der Waals surface area contributed by atoms with Gasteiger partial charge in [-0.2, -0.15) is 0 Å². The topological polar surface area (TPSA) is 49.9 Å². The van der Waals surface area contributed by atoms with Gasteiger partial charge in [0.2, 0.25) is 11.8 Å². The first-order valence-corrected chi connectivity index (χ1v) is 9.27. The standard InChI is InChI=1S/C20H28N2O3/c1-15-6-5-10-22(13-15)20(24)17-12-19(23)21(14-17)11-9-16-7-3-4-8-18(16)25-2/h3-4,7-8,15,17H,5-6,9-14H2,1-2H3. The van der Waals surface area contributed by atoms with Crippen molar-refractivity contribution in [2.24, 2.45) is 11.8 Å². The highest BCUT2D eigenvalue weighted by atomic mass is 16.5.